The van der Waals surface area contributed by atoms with Gasteiger partial charge in [0, 0.05) is 12.8 Å². The van der Waals surface area contributed by atoms with Crippen molar-refractivity contribution in [1.29, 1.82) is 0 Å². The highest BCUT2D eigenvalue weighted by atomic mass is 16.7. The summed E-state index contributed by atoms with van der Waals surface area (Å²) in [6.45, 7) is 0.672. The van der Waals surface area contributed by atoms with Gasteiger partial charge >= 0.3 is 0 Å². The number of aliphatic hydroxyl groups is 1. The van der Waals surface area contributed by atoms with E-state index in [1.165, 1.54) is 6.42 Å². The lowest BCUT2D eigenvalue weighted by atomic mass is 10.3. The molecule has 0 heterocycles. The number of aliphatic hydroxyl groups excluding tert-OH is 1. The van der Waals surface area contributed by atoms with Gasteiger partial charge in [0.25, 0.3) is 0 Å². The average molecular weight is 254 g/mol. The Morgan fingerprint density at radius 1 is 1.11 bits per heavy atom. The summed E-state index contributed by atoms with van der Waals surface area (Å²) < 4.78 is 16.9. The topological polar surface area (TPSA) is 47.9 Å². The fourth-order valence-corrected chi connectivity index (χ4v) is 2.17. The first-order chi connectivity index (χ1) is 8.88. The van der Waals surface area contributed by atoms with Gasteiger partial charge in [-0.3, -0.25) is 0 Å². The van der Waals surface area contributed by atoms with Crippen LogP contribution < -0.4 is 0 Å². The second-order valence-corrected chi connectivity index (χ2v) is 4.58. The Morgan fingerprint density at radius 3 is 2.44 bits per heavy atom. The van der Waals surface area contributed by atoms with Crippen LogP contribution in [-0.4, -0.2) is 31.2 Å². The van der Waals surface area contributed by atoms with Gasteiger partial charge in [0.1, 0.15) is 6.61 Å². The van der Waals surface area contributed by atoms with Gasteiger partial charge in [0.2, 0.25) is 6.29 Å². The largest absolute Gasteiger partial charge is 0.492 e. The highest BCUT2D eigenvalue weighted by Gasteiger charge is 2.17. The maximum Gasteiger partial charge on any atom is 0.233 e. The smallest absolute Gasteiger partial charge is 0.233 e. The molecular formula is C14H22O4. The SMILES string of the molecule is OCCOC(COC1=CCCC1)OC1=CCCC1. The van der Waals surface area contributed by atoms with Gasteiger partial charge in [0.05, 0.1) is 24.7 Å². The highest BCUT2D eigenvalue weighted by Crippen LogP contribution is 2.22. The number of hydrogen-bond acceptors (Lipinski definition) is 4. The van der Waals surface area contributed by atoms with Crippen LogP contribution in [0.2, 0.25) is 0 Å². The predicted octanol–water partition coefficient (Wildman–Crippen LogP) is 2.49. The molecule has 0 bridgehead atoms. The molecule has 0 amide bonds. The Labute approximate surface area is 108 Å². The minimum absolute atomic E-state index is 0.00159. The van der Waals surface area contributed by atoms with Crippen molar-refractivity contribution in [2.75, 3.05) is 19.8 Å². The molecule has 0 spiro atoms. The molecular weight excluding hydrogens is 232 g/mol. The Hall–Kier alpha value is -1.00. The molecule has 0 aromatic carbocycles. The molecule has 0 aromatic heterocycles. The second kappa shape index (κ2) is 7.44. The van der Waals surface area contributed by atoms with Crippen LogP contribution >= 0.6 is 0 Å². The van der Waals surface area contributed by atoms with Gasteiger partial charge in [-0.15, -0.1) is 0 Å². The van der Waals surface area contributed by atoms with E-state index in [-0.39, 0.29) is 13.2 Å². The van der Waals surface area contributed by atoms with Crippen LogP contribution in [0.3, 0.4) is 0 Å². The zero-order chi connectivity index (χ0) is 12.6. The van der Waals surface area contributed by atoms with Crippen molar-refractivity contribution in [1.82, 2.24) is 0 Å². The Balaban J connectivity index is 1.75. The number of ether oxygens (including phenoxy) is 3. The molecule has 102 valence electrons. The minimum atomic E-state index is -0.414. The highest BCUT2D eigenvalue weighted by molar-refractivity contribution is 5.01. The summed E-state index contributed by atoms with van der Waals surface area (Å²) in [7, 11) is 0. The van der Waals surface area contributed by atoms with E-state index in [1.54, 1.807) is 0 Å². The van der Waals surface area contributed by atoms with Crippen molar-refractivity contribution in [2.45, 2.75) is 44.8 Å². The summed E-state index contributed by atoms with van der Waals surface area (Å²) in [5.41, 5.74) is 0. The van der Waals surface area contributed by atoms with Crippen LogP contribution in [0.25, 0.3) is 0 Å². The molecule has 1 atom stereocenters. The van der Waals surface area contributed by atoms with Crippen LogP contribution in [0.5, 0.6) is 0 Å². The lowest BCUT2D eigenvalue weighted by Crippen LogP contribution is -2.24. The summed E-state index contributed by atoms with van der Waals surface area (Å²) in [6.07, 6.45) is 10.3. The zero-order valence-corrected chi connectivity index (χ0v) is 10.8. The van der Waals surface area contributed by atoms with Crippen molar-refractivity contribution >= 4 is 0 Å². The molecule has 1 N–H and O–H groups in total. The molecule has 1 unspecified atom stereocenters. The average Bonchev–Trinajstić information content (AvgIpc) is 3.05. The third-order valence-electron chi connectivity index (χ3n) is 3.08. The maximum absolute atomic E-state index is 8.81. The van der Waals surface area contributed by atoms with Crippen LogP contribution in [0.1, 0.15) is 38.5 Å². The van der Waals surface area contributed by atoms with E-state index in [4.69, 9.17) is 19.3 Å². The maximum atomic E-state index is 8.81. The van der Waals surface area contributed by atoms with Gasteiger partial charge in [0.15, 0.2) is 0 Å². The Bertz CT molecular complexity index is 309. The summed E-state index contributed by atoms with van der Waals surface area (Å²) >= 11 is 0. The molecule has 2 rings (SSSR count). The van der Waals surface area contributed by atoms with Crippen LogP contribution in [0.15, 0.2) is 23.7 Å². The van der Waals surface area contributed by atoms with Crippen molar-refractivity contribution in [3.8, 4) is 0 Å². The van der Waals surface area contributed by atoms with Crippen LogP contribution in [0, 0.1) is 0 Å². The van der Waals surface area contributed by atoms with E-state index >= 15 is 0 Å². The van der Waals surface area contributed by atoms with Gasteiger partial charge < -0.3 is 19.3 Å². The predicted molar refractivity (Wildman–Crippen MR) is 67.7 cm³/mol. The molecule has 2 aliphatic rings. The molecule has 4 heteroatoms. The van der Waals surface area contributed by atoms with Crippen molar-refractivity contribution in [3.63, 3.8) is 0 Å². The van der Waals surface area contributed by atoms with Gasteiger partial charge in [-0.2, -0.15) is 0 Å². The fourth-order valence-electron chi connectivity index (χ4n) is 2.17. The first-order valence-corrected chi connectivity index (χ1v) is 6.78. The van der Waals surface area contributed by atoms with E-state index in [9.17, 15) is 0 Å². The fraction of sp³-hybridized carbons (Fsp3) is 0.714. The quantitative estimate of drug-likeness (QED) is 0.676. The van der Waals surface area contributed by atoms with E-state index in [2.05, 4.69) is 12.2 Å². The first-order valence-electron chi connectivity index (χ1n) is 6.78. The van der Waals surface area contributed by atoms with Crippen molar-refractivity contribution in [2.24, 2.45) is 0 Å². The Kier molecular flexibility index (Phi) is 5.55. The molecule has 0 aliphatic heterocycles. The molecule has 2 aliphatic carbocycles. The molecule has 0 saturated heterocycles. The third kappa shape index (κ3) is 4.35. The second-order valence-electron chi connectivity index (χ2n) is 4.58. The van der Waals surface area contributed by atoms with Gasteiger partial charge in [-0.05, 0) is 37.8 Å². The van der Waals surface area contributed by atoms with E-state index in [1.807, 2.05) is 0 Å². The molecule has 0 saturated carbocycles. The number of rotatable bonds is 8. The molecule has 0 fully saturated rings. The zero-order valence-electron chi connectivity index (χ0n) is 10.8. The van der Waals surface area contributed by atoms with Gasteiger partial charge in [-0.25, -0.2) is 0 Å². The molecule has 0 aromatic rings. The van der Waals surface area contributed by atoms with Crippen molar-refractivity contribution < 1.29 is 19.3 Å². The van der Waals surface area contributed by atoms with E-state index < -0.39 is 6.29 Å². The van der Waals surface area contributed by atoms with Crippen molar-refractivity contribution in [3.05, 3.63) is 23.7 Å². The number of allylic oxidation sites excluding steroid dienone is 4. The monoisotopic (exact) mass is 254 g/mol. The van der Waals surface area contributed by atoms with E-state index in [0.29, 0.717) is 6.61 Å². The number of hydrogen-bond donors (Lipinski definition) is 1. The first kappa shape index (κ1) is 13.4. The summed E-state index contributed by atoms with van der Waals surface area (Å²) in [5, 5.41) is 8.81. The normalized spacial score (nSPS) is 20.5. The lowest BCUT2D eigenvalue weighted by molar-refractivity contribution is -0.149. The summed E-state index contributed by atoms with van der Waals surface area (Å²) in [5.74, 6) is 2.03. The lowest BCUT2D eigenvalue weighted by Gasteiger charge is -2.20. The molecule has 18 heavy (non-hydrogen) atoms. The Morgan fingerprint density at radius 2 is 1.83 bits per heavy atom. The van der Waals surface area contributed by atoms with Crippen LogP contribution in [0.4, 0.5) is 0 Å². The molecule has 0 radical (unpaired) electrons. The van der Waals surface area contributed by atoms with Crippen LogP contribution in [-0.2, 0) is 14.2 Å². The molecule has 4 nitrogen and oxygen atoms in total. The summed E-state index contributed by atoms with van der Waals surface area (Å²) in [6, 6.07) is 0. The third-order valence-corrected chi connectivity index (χ3v) is 3.08. The van der Waals surface area contributed by atoms with E-state index in [0.717, 1.165) is 43.6 Å². The van der Waals surface area contributed by atoms with Gasteiger partial charge in [-0.1, -0.05) is 0 Å². The summed E-state index contributed by atoms with van der Waals surface area (Å²) in [4.78, 5) is 0. The minimum Gasteiger partial charge on any atom is -0.492 e. The standard InChI is InChI=1S/C14H22O4/c15-9-10-16-14(18-13-7-3-4-8-13)11-17-12-5-1-2-6-12/h5,7,14-15H,1-4,6,8-11H2.